The second-order valence-electron chi connectivity index (χ2n) is 4.75. The molecule has 0 fully saturated rings. The molecule has 0 radical (unpaired) electrons. The van der Waals surface area contributed by atoms with Crippen molar-refractivity contribution < 1.29 is 18.4 Å². The first-order valence-corrected chi connectivity index (χ1v) is 7.00. The van der Waals surface area contributed by atoms with Crippen LogP contribution in [0.5, 0.6) is 0 Å². The van der Waals surface area contributed by atoms with Crippen molar-refractivity contribution >= 4 is 24.0 Å². The monoisotopic (exact) mass is 328 g/mol. The summed E-state index contributed by atoms with van der Waals surface area (Å²) in [6.45, 7) is 0. The summed E-state index contributed by atoms with van der Waals surface area (Å²) in [6.07, 6.45) is 5.37. The van der Waals surface area contributed by atoms with E-state index in [1.54, 1.807) is 0 Å². The molecule has 122 valence electrons. The third-order valence-corrected chi connectivity index (χ3v) is 2.90. The van der Waals surface area contributed by atoms with Crippen molar-refractivity contribution in [3.63, 3.8) is 0 Å². The van der Waals surface area contributed by atoms with Gasteiger partial charge in [-0.25, -0.2) is 8.78 Å². The van der Waals surface area contributed by atoms with Gasteiger partial charge >= 0.3 is 0 Å². The lowest BCUT2D eigenvalue weighted by atomic mass is 10.2. The topological polar surface area (TPSA) is 58.2 Å². The van der Waals surface area contributed by atoms with E-state index in [1.165, 1.54) is 72.8 Å². The second-order valence-corrected chi connectivity index (χ2v) is 4.75. The van der Waals surface area contributed by atoms with E-state index < -0.39 is 11.8 Å². The van der Waals surface area contributed by atoms with Gasteiger partial charge in [0.25, 0.3) is 11.8 Å². The smallest absolute Gasteiger partial charge is 0.262 e. The Bertz CT molecular complexity index is 699. The molecule has 0 aliphatic carbocycles. The van der Waals surface area contributed by atoms with E-state index in [9.17, 15) is 18.4 Å². The van der Waals surface area contributed by atoms with Crippen LogP contribution in [-0.2, 0) is 9.59 Å². The summed E-state index contributed by atoms with van der Waals surface area (Å²) < 4.78 is 25.5. The maximum atomic E-state index is 12.7. The Morgan fingerprint density at radius 3 is 1.33 bits per heavy atom. The van der Waals surface area contributed by atoms with Crippen molar-refractivity contribution in [1.29, 1.82) is 0 Å². The van der Waals surface area contributed by atoms with Gasteiger partial charge in [-0.15, -0.1) is 0 Å². The predicted octanol–water partition coefficient (Wildman–Crippen LogP) is 2.84. The maximum Gasteiger partial charge on any atom is 0.262 e. The minimum atomic E-state index is -0.539. The minimum absolute atomic E-state index is 0.364. The molecule has 0 saturated carbocycles. The fourth-order valence-corrected chi connectivity index (χ4v) is 1.70. The molecule has 0 heterocycles. The molecular weight excluding hydrogens is 314 g/mol. The van der Waals surface area contributed by atoms with E-state index in [0.717, 1.165) is 0 Å². The molecule has 2 aromatic carbocycles. The van der Waals surface area contributed by atoms with E-state index >= 15 is 0 Å². The highest BCUT2D eigenvalue weighted by atomic mass is 19.1. The van der Waals surface area contributed by atoms with Crippen molar-refractivity contribution in [1.82, 2.24) is 10.9 Å². The van der Waals surface area contributed by atoms with E-state index in [0.29, 0.717) is 11.1 Å². The lowest BCUT2D eigenvalue weighted by Gasteiger charge is -2.01. The number of nitrogens with one attached hydrogen (secondary N) is 2. The molecule has 4 nitrogen and oxygen atoms in total. The Hall–Kier alpha value is -3.28. The maximum absolute atomic E-state index is 12.7. The fourth-order valence-electron chi connectivity index (χ4n) is 1.70. The van der Waals surface area contributed by atoms with Crippen LogP contribution in [0.15, 0.2) is 60.7 Å². The number of rotatable bonds is 4. The molecule has 2 rings (SSSR count). The molecule has 0 unspecified atom stereocenters. The summed E-state index contributed by atoms with van der Waals surface area (Å²) in [5.41, 5.74) is 5.69. The summed E-state index contributed by atoms with van der Waals surface area (Å²) in [5.74, 6) is -1.81. The Kier molecular flexibility index (Phi) is 5.96. The number of amides is 2. The van der Waals surface area contributed by atoms with E-state index in [4.69, 9.17) is 0 Å². The zero-order valence-electron chi connectivity index (χ0n) is 12.5. The van der Waals surface area contributed by atoms with Crippen LogP contribution in [0.4, 0.5) is 8.78 Å². The van der Waals surface area contributed by atoms with Gasteiger partial charge in [-0.1, -0.05) is 24.3 Å². The third kappa shape index (κ3) is 5.84. The SMILES string of the molecule is O=C(/C=C/c1ccc(F)cc1)NNC(=O)/C=C/c1ccc(F)cc1. The molecule has 0 spiro atoms. The van der Waals surface area contributed by atoms with Gasteiger partial charge in [0.2, 0.25) is 0 Å². The van der Waals surface area contributed by atoms with E-state index in [2.05, 4.69) is 10.9 Å². The van der Waals surface area contributed by atoms with Crippen LogP contribution >= 0.6 is 0 Å². The summed E-state index contributed by atoms with van der Waals surface area (Å²) in [6, 6.07) is 11.2. The molecule has 2 amide bonds. The highest BCUT2D eigenvalue weighted by Gasteiger charge is 1.98. The van der Waals surface area contributed by atoms with Crippen molar-refractivity contribution in [3.05, 3.63) is 83.4 Å². The first-order chi connectivity index (χ1) is 11.5. The van der Waals surface area contributed by atoms with Crippen LogP contribution < -0.4 is 10.9 Å². The zero-order chi connectivity index (χ0) is 17.4. The van der Waals surface area contributed by atoms with E-state index in [1.807, 2.05) is 0 Å². The molecule has 6 heteroatoms. The molecule has 24 heavy (non-hydrogen) atoms. The largest absolute Gasteiger partial charge is 0.268 e. The Labute approximate surface area is 137 Å². The summed E-state index contributed by atoms with van der Waals surface area (Å²) in [7, 11) is 0. The van der Waals surface area contributed by atoms with Crippen LogP contribution in [0.3, 0.4) is 0 Å². The van der Waals surface area contributed by atoms with Gasteiger partial charge in [0.05, 0.1) is 0 Å². The zero-order valence-corrected chi connectivity index (χ0v) is 12.5. The predicted molar refractivity (Wildman–Crippen MR) is 87.2 cm³/mol. The molecular formula is C18H14F2N2O2. The van der Waals surface area contributed by atoms with Gasteiger partial charge < -0.3 is 0 Å². The summed E-state index contributed by atoms with van der Waals surface area (Å²) in [4.78, 5) is 23.1. The Morgan fingerprint density at radius 1 is 0.667 bits per heavy atom. The molecule has 2 N–H and O–H groups in total. The first kappa shape index (κ1) is 17.1. The Morgan fingerprint density at radius 2 is 1.00 bits per heavy atom. The number of hydrogen-bond donors (Lipinski definition) is 2. The highest BCUT2D eigenvalue weighted by molar-refractivity contribution is 5.96. The molecule has 2 aromatic rings. The molecule has 0 aliphatic heterocycles. The third-order valence-electron chi connectivity index (χ3n) is 2.90. The number of benzene rings is 2. The van der Waals surface area contributed by atoms with Gasteiger partial charge in [0.1, 0.15) is 11.6 Å². The minimum Gasteiger partial charge on any atom is -0.268 e. The quantitative estimate of drug-likeness (QED) is 0.670. The lowest BCUT2D eigenvalue weighted by Crippen LogP contribution is -2.39. The highest BCUT2D eigenvalue weighted by Crippen LogP contribution is 2.05. The lowest BCUT2D eigenvalue weighted by molar-refractivity contribution is -0.123. The van der Waals surface area contributed by atoms with E-state index in [-0.39, 0.29) is 11.6 Å². The van der Waals surface area contributed by atoms with Crippen LogP contribution in [0.2, 0.25) is 0 Å². The van der Waals surface area contributed by atoms with Crippen molar-refractivity contribution in [2.24, 2.45) is 0 Å². The van der Waals surface area contributed by atoms with Crippen LogP contribution in [0.1, 0.15) is 11.1 Å². The normalized spacial score (nSPS) is 10.9. The van der Waals surface area contributed by atoms with Crippen molar-refractivity contribution in [3.8, 4) is 0 Å². The first-order valence-electron chi connectivity index (χ1n) is 7.00. The second kappa shape index (κ2) is 8.38. The number of hydrogen-bond acceptors (Lipinski definition) is 2. The van der Waals surface area contributed by atoms with Crippen LogP contribution in [-0.4, -0.2) is 11.8 Å². The van der Waals surface area contributed by atoms with Crippen LogP contribution in [0.25, 0.3) is 12.2 Å². The average molecular weight is 328 g/mol. The Balaban J connectivity index is 1.79. The number of carbonyl (C=O) groups is 2. The molecule has 0 saturated heterocycles. The van der Waals surface area contributed by atoms with Crippen molar-refractivity contribution in [2.75, 3.05) is 0 Å². The van der Waals surface area contributed by atoms with Crippen molar-refractivity contribution in [2.45, 2.75) is 0 Å². The van der Waals surface area contributed by atoms with Gasteiger partial charge in [0, 0.05) is 12.2 Å². The summed E-state index contributed by atoms with van der Waals surface area (Å²) in [5, 5.41) is 0. The molecule has 0 bridgehead atoms. The molecule has 0 aromatic heterocycles. The van der Waals surface area contributed by atoms with Crippen LogP contribution in [0, 0.1) is 11.6 Å². The molecule has 0 atom stereocenters. The number of carbonyl (C=O) groups excluding carboxylic acids is 2. The number of halogens is 2. The van der Waals surface area contributed by atoms with Gasteiger partial charge in [-0.2, -0.15) is 0 Å². The van der Waals surface area contributed by atoms with Gasteiger partial charge in [0.15, 0.2) is 0 Å². The van der Waals surface area contributed by atoms with Gasteiger partial charge in [-0.05, 0) is 47.5 Å². The molecule has 0 aliphatic rings. The van der Waals surface area contributed by atoms with Gasteiger partial charge in [-0.3, -0.25) is 20.4 Å². The number of hydrazine groups is 1. The average Bonchev–Trinajstić information content (AvgIpc) is 2.59. The fraction of sp³-hybridized carbons (Fsp3) is 0. The summed E-state index contributed by atoms with van der Waals surface area (Å²) >= 11 is 0. The standard InChI is InChI=1S/C18H14F2N2O2/c19-15-7-1-13(2-8-15)5-11-17(23)21-22-18(24)12-6-14-3-9-16(20)10-4-14/h1-12H,(H,21,23)(H,22,24)/b11-5+,12-6+.